The van der Waals surface area contributed by atoms with Crippen molar-refractivity contribution in [1.82, 2.24) is 9.55 Å². The molecule has 0 fully saturated rings. The van der Waals surface area contributed by atoms with Gasteiger partial charge in [0.2, 0.25) is 5.89 Å². The zero-order valence-corrected chi connectivity index (χ0v) is 34.7. The Morgan fingerprint density at radius 1 is 0.460 bits per heavy atom. The van der Waals surface area contributed by atoms with Crippen LogP contribution in [0.4, 0.5) is 17.1 Å². The van der Waals surface area contributed by atoms with Crippen molar-refractivity contribution in [1.29, 1.82) is 0 Å². The maximum atomic E-state index is 6.73. The average molecular weight is 810 g/mol. The number of fused-ring (bicyclic) bond motifs is 10. The largest absolute Gasteiger partial charge is 0.454 e. The van der Waals surface area contributed by atoms with Crippen LogP contribution in [0.1, 0.15) is 25.0 Å². The van der Waals surface area contributed by atoms with Crippen molar-refractivity contribution in [3.8, 4) is 39.4 Å². The first-order valence-electron chi connectivity index (χ1n) is 21.5. The Labute approximate surface area is 363 Å². The van der Waals surface area contributed by atoms with Crippen molar-refractivity contribution in [2.75, 3.05) is 4.90 Å². The van der Waals surface area contributed by atoms with Crippen LogP contribution in [0.25, 0.3) is 94.2 Å². The molecule has 1 aliphatic carbocycles. The fourth-order valence-electron chi connectivity index (χ4n) is 10.1. The molecule has 0 saturated heterocycles. The van der Waals surface area contributed by atoms with Crippen molar-refractivity contribution >= 4 is 71.9 Å². The predicted octanol–water partition coefficient (Wildman–Crippen LogP) is 15.9. The van der Waals surface area contributed by atoms with Gasteiger partial charge in [0, 0.05) is 49.6 Å². The SMILES string of the molecule is CC1(C)c2cc(-c3ccc4oc5c(N(c6ccccc6)c6ccccc6)cccc5c4c3)ccc2-c2ccc(-n3c4ccccc4c4ccc(-c5nc6ccccc6o5)cc43)cc21. The topological polar surface area (TPSA) is 47.3 Å². The molecule has 0 radical (unpaired) electrons. The predicted molar refractivity (Wildman–Crippen MR) is 259 cm³/mol. The molecule has 0 spiro atoms. The minimum absolute atomic E-state index is 0.238. The number of para-hydroxylation sites is 6. The van der Waals surface area contributed by atoms with Crippen molar-refractivity contribution < 1.29 is 8.83 Å². The maximum absolute atomic E-state index is 6.73. The molecule has 63 heavy (non-hydrogen) atoms. The van der Waals surface area contributed by atoms with Gasteiger partial charge in [-0.2, -0.15) is 0 Å². The molecule has 9 aromatic carbocycles. The van der Waals surface area contributed by atoms with E-state index >= 15 is 0 Å². The summed E-state index contributed by atoms with van der Waals surface area (Å²) in [5, 5.41) is 4.60. The molecule has 5 nitrogen and oxygen atoms in total. The summed E-state index contributed by atoms with van der Waals surface area (Å²) in [6, 6.07) is 71.3. The van der Waals surface area contributed by atoms with Gasteiger partial charge < -0.3 is 18.3 Å². The number of nitrogens with zero attached hydrogens (tertiary/aromatic N) is 3. The van der Waals surface area contributed by atoms with Gasteiger partial charge in [-0.25, -0.2) is 4.98 Å². The molecule has 1 aliphatic rings. The van der Waals surface area contributed by atoms with Crippen LogP contribution in [-0.2, 0) is 5.41 Å². The van der Waals surface area contributed by atoms with E-state index in [4.69, 9.17) is 13.8 Å². The van der Waals surface area contributed by atoms with Crippen molar-refractivity contribution in [2.24, 2.45) is 0 Å². The minimum atomic E-state index is -0.238. The van der Waals surface area contributed by atoms with Gasteiger partial charge >= 0.3 is 0 Å². The lowest BCUT2D eigenvalue weighted by atomic mass is 9.81. The monoisotopic (exact) mass is 809 g/mol. The molecule has 0 unspecified atom stereocenters. The minimum Gasteiger partial charge on any atom is -0.454 e. The van der Waals surface area contributed by atoms with Gasteiger partial charge in [0.1, 0.15) is 11.1 Å². The molecule has 298 valence electrons. The molecule has 0 amide bonds. The summed E-state index contributed by atoms with van der Waals surface area (Å²) in [4.78, 5) is 7.11. The second-order valence-corrected chi connectivity index (χ2v) is 17.2. The van der Waals surface area contributed by atoms with E-state index in [0.717, 1.165) is 72.4 Å². The van der Waals surface area contributed by atoms with E-state index < -0.39 is 0 Å². The van der Waals surface area contributed by atoms with Crippen LogP contribution >= 0.6 is 0 Å². The number of oxazole rings is 1. The normalized spacial score (nSPS) is 13.0. The van der Waals surface area contributed by atoms with Crippen molar-refractivity contribution in [3.63, 3.8) is 0 Å². The fourth-order valence-corrected chi connectivity index (χ4v) is 10.1. The van der Waals surface area contributed by atoms with Gasteiger partial charge in [0.15, 0.2) is 11.2 Å². The van der Waals surface area contributed by atoms with E-state index in [-0.39, 0.29) is 5.41 Å². The van der Waals surface area contributed by atoms with Crippen LogP contribution in [0.3, 0.4) is 0 Å². The number of benzene rings is 9. The smallest absolute Gasteiger partial charge is 0.227 e. The number of rotatable bonds is 6. The molecule has 0 aliphatic heterocycles. The summed E-state index contributed by atoms with van der Waals surface area (Å²) < 4.78 is 15.4. The molecule has 0 bridgehead atoms. The number of furan rings is 1. The third kappa shape index (κ3) is 5.39. The summed E-state index contributed by atoms with van der Waals surface area (Å²) in [7, 11) is 0. The molecule has 12 aromatic rings. The lowest BCUT2D eigenvalue weighted by molar-refractivity contribution is 0.620. The maximum Gasteiger partial charge on any atom is 0.227 e. The van der Waals surface area contributed by atoms with Gasteiger partial charge in [-0.05, 0) is 124 Å². The second kappa shape index (κ2) is 13.4. The van der Waals surface area contributed by atoms with Crippen LogP contribution in [-0.4, -0.2) is 9.55 Å². The van der Waals surface area contributed by atoms with Crippen molar-refractivity contribution in [3.05, 3.63) is 211 Å². The molecule has 13 rings (SSSR count). The van der Waals surface area contributed by atoms with E-state index in [2.05, 4.69) is 199 Å². The van der Waals surface area contributed by atoms with Crippen LogP contribution in [0.5, 0.6) is 0 Å². The van der Waals surface area contributed by atoms with Gasteiger partial charge in [-0.15, -0.1) is 0 Å². The summed E-state index contributed by atoms with van der Waals surface area (Å²) in [6.45, 7) is 4.73. The molecule has 0 saturated carbocycles. The highest BCUT2D eigenvalue weighted by Gasteiger charge is 2.36. The molecular formula is C58H39N3O2. The Morgan fingerprint density at radius 2 is 1.11 bits per heavy atom. The highest BCUT2D eigenvalue weighted by molar-refractivity contribution is 6.12. The van der Waals surface area contributed by atoms with E-state index in [1.807, 2.05) is 24.3 Å². The van der Waals surface area contributed by atoms with Gasteiger partial charge in [0.25, 0.3) is 0 Å². The molecule has 3 aromatic heterocycles. The van der Waals surface area contributed by atoms with Crippen LogP contribution in [0, 0.1) is 0 Å². The highest BCUT2D eigenvalue weighted by Crippen LogP contribution is 2.51. The standard InChI is InChI=1S/C58H39N3O2/c1-58(2)48-33-37(36-26-31-54-47(32-36)46-19-13-22-52(56(46)62-54)60(39-14-5-3-6-15-39)40-16-7-4-8-17-40)24-28-42(48)43-30-27-41(35-49(43)58)61-51-21-11-9-18-44(51)45-29-25-38(34-53(45)61)57-59-50-20-10-12-23-55(50)63-57/h3-35H,1-2H3. The van der Waals surface area contributed by atoms with E-state index in [1.165, 1.54) is 44.1 Å². The number of aromatic nitrogens is 2. The zero-order valence-electron chi connectivity index (χ0n) is 34.7. The van der Waals surface area contributed by atoms with Gasteiger partial charge in [-0.3, -0.25) is 0 Å². The fraction of sp³-hybridized carbons (Fsp3) is 0.0517. The first kappa shape index (κ1) is 35.6. The first-order valence-corrected chi connectivity index (χ1v) is 21.5. The Hall–Kier alpha value is -8.15. The lowest BCUT2D eigenvalue weighted by Crippen LogP contribution is -2.15. The quantitative estimate of drug-likeness (QED) is 0.168. The van der Waals surface area contributed by atoms with E-state index in [9.17, 15) is 0 Å². The summed E-state index contributed by atoms with van der Waals surface area (Å²) >= 11 is 0. The van der Waals surface area contributed by atoms with Crippen LogP contribution in [0.2, 0.25) is 0 Å². The number of anilines is 3. The first-order chi connectivity index (χ1) is 31.0. The molecule has 5 heteroatoms. The number of hydrogen-bond acceptors (Lipinski definition) is 4. The van der Waals surface area contributed by atoms with Gasteiger partial charge in [-0.1, -0.05) is 123 Å². The lowest BCUT2D eigenvalue weighted by Gasteiger charge is -2.25. The Morgan fingerprint density at radius 3 is 1.92 bits per heavy atom. The summed E-state index contributed by atoms with van der Waals surface area (Å²) in [5.74, 6) is 0.624. The van der Waals surface area contributed by atoms with Crippen LogP contribution < -0.4 is 4.90 Å². The van der Waals surface area contributed by atoms with Gasteiger partial charge in [0.05, 0.1) is 16.7 Å². The average Bonchev–Trinajstić information content (AvgIpc) is 4.08. The summed E-state index contributed by atoms with van der Waals surface area (Å²) in [5.41, 5.74) is 18.2. The zero-order chi connectivity index (χ0) is 41.8. The highest BCUT2D eigenvalue weighted by atomic mass is 16.3. The Bertz CT molecular complexity index is 3710. The Balaban J connectivity index is 0.894. The van der Waals surface area contributed by atoms with E-state index in [1.54, 1.807) is 0 Å². The molecule has 0 atom stereocenters. The Kier molecular flexibility index (Phi) is 7.58. The third-order valence-electron chi connectivity index (χ3n) is 13.2. The van der Waals surface area contributed by atoms with Crippen LogP contribution in [0.15, 0.2) is 209 Å². The molecular weight excluding hydrogens is 771 g/mol. The van der Waals surface area contributed by atoms with E-state index in [0.29, 0.717) is 5.89 Å². The summed E-state index contributed by atoms with van der Waals surface area (Å²) in [6.07, 6.45) is 0. The number of hydrogen-bond donors (Lipinski definition) is 0. The third-order valence-corrected chi connectivity index (χ3v) is 13.2. The second-order valence-electron chi connectivity index (χ2n) is 17.2. The van der Waals surface area contributed by atoms with Crippen molar-refractivity contribution in [2.45, 2.75) is 19.3 Å². The molecule has 3 heterocycles. The molecule has 0 N–H and O–H groups in total.